The highest BCUT2D eigenvalue weighted by molar-refractivity contribution is 8.14. The van der Waals surface area contributed by atoms with E-state index in [1.54, 1.807) is 0 Å². The minimum atomic E-state index is 0.416. The molecule has 0 aromatic carbocycles. The van der Waals surface area contributed by atoms with Crippen molar-refractivity contribution in [2.45, 2.75) is 58.8 Å². The van der Waals surface area contributed by atoms with Crippen molar-refractivity contribution in [1.82, 2.24) is 5.32 Å². The molecule has 2 nitrogen and oxygen atoms in total. The molecule has 0 bridgehead atoms. The first-order valence-electron chi connectivity index (χ1n) is 5.88. The Bertz CT molecular complexity index is 230. The fraction of sp³-hybridized carbons (Fsp3) is 0.917. The summed E-state index contributed by atoms with van der Waals surface area (Å²) in [7, 11) is 0. The minimum Gasteiger partial charge on any atom is -0.362 e. The van der Waals surface area contributed by atoms with Crippen molar-refractivity contribution >= 4 is 16.9 Å². The van der Waals surface area contributed by atoms with Crippen molar-refractivity contribution < 1.29 is 0 Å². The first-order valence-corrected chi connectivity index (χ1v) is 6.76. The maximum absolute atomic E-state index is 4.56. The summed E-state index contributed by atoms with van der Waals surface area (Å²) >= 11 is 1.92. The van der Waals surface area contributed by atoms with Gasteiger partial charge in [0.25, 0.3) is 0 Å². The molecular formula is C12H24N2S. The highest BCUT2D eigenvalue weighted by atomic mass is 32.2. The van der Waals surface area contributed by atoms with Gasteiger partial charge in [-0.05, 0) is 25.2 Å². The third-order valence-corrected chi connectivity index (χ3v) is 3.66. The highest BCUT2D eigenvalue weighted by Gasteiger charge is 2.25. The molecule has 0 aliphatic carbocycles. The fourth-order valence-electron chi connectivity index (χ4n) is 1.60. The molecule has 2 unspecified atom stereocenters. The molecule has 1 rings (SSSR count). The Morgan fingerprint density at radius 3 is 2.73 bits per heavy atom. The molecule has 15 heavy (non-hydrogen) atoms. The lowest BCUT2D eigenvalue weighted by molar-refractivity contribution is 0.375. The van der Waals surface area contributed by atoms with Crippen molar-refractivity contribution in [2.24, 2.45) is 10.4 Å². The van der Waals surface area contributed by atoms with Crippen LogP contribution in [0.5, 0.6) is 0 Å². The van der Waals surface area contributed by atoms with E-state index in [2.05, 4.69) is 44.9 Å². The predicted molar refractivity (Wildman–Crippen MR) is 70.6 cm³/mol. The van der Waals surface area contributed by atoms with Crippen LogP contribution in [0, 0.1) is 5.41 Å². The van der Waals surface area contributed by atoms with Crippen LogP contribution in [0.25, 0.3) is 0 Å². The molecule has 0 saturated heterocycles. The van der Waals surface area contributed by atoms with Crippen LogP contribution in [0.2, 0.25) is 0 Å². The SMILES string of the molecule is CCC(C)NC1=NCC(CC(C)(C)C)S1. The average molecular weight is 228 g/mol. The van der Waals surface area contributed by atoms with Crippen molar-refractivity contribution in [3.8, 4) is 0 Å². The van der Waals surface area contributed by atoms with Crippen LogP contribution < -0.4 is 5.32 Å². The van der Waals surface area contributed by atoms with E-state index in [0.29, 0.717) is 16.7 Å². The Balaban J connectivity index is 2.31. The standard InChI is InChI=1S/C12H24N2S/c1-6-9(2)14-11-13-8-10(15-11)7-12(3,4)5/h9-10H,6-8H2,1-5H3,(H,13,14). The summed E-state index contributed by atoms with van der Waals surface area (Å²) in [4.78, 5) is 4.56. The zero-order chi connectivity index (χ0) is 11.5. The van der Waals surface area contributed by atoms with E-state index in [1.165, 1.54) is 6.42 Å². The van der Waals surface area contributed by atoms with Gasteiger partial charge < -0.3 is 5.32 Å². The van der Waals surface area contributed by atoms with Gasteiger partial charge in [-0.1, -0.05) is 39.5 Å². The molecule has 1 aliphatic heterocycles. The van der Waals surface area contributed by atoms with E-state index in [4.69, 9.17) is 0 Å². The van der Waals surface area contributed by atoms with E-state index in [0.717, 1.165) is 18.1 Å². The van der Waals surface area contributed by atoms with Crippen molar-refractivity contribution in [1.29, 1.82) is 0 Å². The second-order valence-electron chi connectivity index (χ2n) is 5.60. The van der Waals surface area contributed by atoms with Gasteiger partial charge in [0, 0.05) is 11.3 Å². The van der Waals surface area contributed by atoms with Gasteiger partial charge in [-0.2, -0.15) is 0 Å². The van der Waals surface area contributed by atoms with Gasteiger partial charge in [0.05, 0.1) is 6.54 Å². The van der Waals surface area contributed by atoms with E-state index >= 15 is 0 Å². The monoisotopic (exact) mass is 228 g/mol. The van der Waals surface area contributed by atoms with Crippen LogP contribution in [0.15, 0.2) is 4.99 Å². The summed E-state index contributed by atoms with van der Waals surface area (Å²) in [6.07, 6.45) is 2.40. The van der Waals surface area contributed by atoms with E-state index in [1.807, 2.05) is 11.8 Å². The molecule has 0 fully saturated rings. The second-order valence-corrected chi connectivity index (χ2v) is 6.89. The molecule has 0 spiro atoms. The van der Waals surface area contributed by atoms with Crippen LogP contribution in [-0.4, -0.2) is 23.0 Å². The number of nitrogens with one attached hydrogen (secondary N) is 1. The Kier molecular flexibility index (Phi) is 4.50. The Morgan fingerprint density at radius 2 is 2.20 bits per heavy atom. The second kappa shape index (κ2) is 5.24. The number of rotatable bonds is 3. The van der Waals surface area contributed by atoms with Gasteiger partial charge in [-0.25, -0.2) is 0 Å². The van der Waals surface area contributed by atoms with Crippen LogP contribution in [0.4, 0.5) is 0 Å². The van der Waals surface area contributed by atoms with E-state index in [-0.39, 0.29) is 0 Å². The summed E-state index contributed by atoms with van der Waals surface area (Å²) in [6.45, 7) is 12.3. The van der Waals surface area contributed by atoms with Crippen LogP contribution in [0.3, 0.4) is 0 Å². The molecule has 0 radical (unpaired) electrons. The number of amidine groups is 1. The zero-order valence-corrected chi connectivity index (χ0v) is 11.4. The van der Waals surface area contributed by atoms with Crippen LogP contribution in [0.1, 0.15) is 47.5 Å². The summed E-state index contributed by atoms with van der Waals surface area (Å²) in [6, 6.07) is 0.546. The quantitative estimate of drug-likeness (QED) is 0.801. The van der Waals surface area contributed by atoms with Gasteiger partial charge in [-0.3, -0.25) is 4.99 Å². The number of aliphatic imine (C=N–C) groups is 1. The molecular weight excluding hydrogens is 204 g/mol. The Labute approximate surface area is 98.3 Å². The Morgan fingerprint density at radius 1 is 1.53 bits per heavy atom. The molecule has 1 N–H and O–H groups in total. The predicted octanol–water partition coefficient (Wildman–Crippen LogP) is 3.28. The topological polar surface area (TPSA) is 24.4 Å². The van der Waals surface area contributed by atoms with Crippen LogP contribution in [-0.2, 0) is 0 Å². The normalized spacial score (nSPS) is 23.8. The third-order valence-electron chi connectivity index (χ3n) is 2.54. The summed E-state index contributed by atoms with van der Waals surface area (Å²) in [5.74, 6) is 0. The molecule has 0 amide bonds. The van der Waals surface area contributed by atoms with Gasteiger partial charge in [-0.15, -0.1) is 0 Å². The summed E-state index contributed by atoms with van der Waals surface area (Å²) < 4.78 is 0. The van der Waals surface area contributed by atoms with Gasteiger partial charge in [0.2, 0.25) is 0 Å². The smallest absolute Gasteiger partial charge is 0.157 e. The number of nitrogens with zero attached hydrogens (tertiary/aromatic N) is 1. The van der Waals surface area contributed by atoms with Gasteiger partial charge >= 0.3 is 0 Å². The largest absolute Gasteiger partial charge is 0.362 e. The zero-order valence-electron chi connectivity index (χ0n) is 10.6. The number of hydrogen-bond acceptors (Lipinski definition) is 3. The fourth-order valence-corrected chi connectivity index (χ4v) is 3.07. The molecule has 0 saturated carbocycles. The van der Waals surface area contributed by atoms with Crippen molar-refractivity contribution in [3.05, 3.63) is 0 Å². The molecule has 0 aromatic heterocycles. The highest BCUT2D eigenvalue weighted by Crippen LogP contribution is 2.31. The maximum Gasteiger partial charge on any atom is 0.157 e. The minimum absolute atomic E-state index is 0.416. The van der Waals surface area contributed by atoms with Crippen molar-refractivity contribution in [3.63, 3.8) is 0 Å². The molecule has 88 valence electrons. The molecule has 0 aromatic rings. The number of thioether (sulfide) groups is 1. The maximum atomic E-state index is 4.56. The Hall–Kier alpha value is -0.180. The number of hydrogen-bond donors (Lipinski definition) is 1. The summed E-state index contributed by atoms with van der Waals surface area (Å²) in [5.41, 5.74) is 0.416. The molecule has 3 heteroatoms. The lowest BCUT2D eigenvalue weighted by Gasteiger charge is -2.21. The first kappa shape index (κ1) is 12.9. The first-order chi connectivity index (χ1) is 6.90. The lowest BCUT2D eigenvalue weighted by Crippen LogP contribution is -2.29. The van der Waals surface area contributed by atoms with Crippen LogP contribution >= 0.6 is 11.8 Å². The van der Waals surface area contributed by atoms with Gasteiger partial charge in [0.1, 0.15) is 0 Å². The van der Waals surface area contributed by atoms with E-state index < -0.39 is 0 Å². The molecule has 1 aliphatic rings. The average Bonchev–Trinajstić information content (AvgIpc) is 2.49. The summed E-state index contributed by atoms with van der Waals surface area (Å²) in [5, 5.41) is 5.29. The third kappa shape index (κ3) is 4.92. The van der Waals surface area contributed by atoms with Gasteiger partial charge in [0.15, 0.2) is 5.17 Å². The van der Waals surface area contributed by atoms with Crippen molar-refractivity contribution in [2.75, 3.05) is 6.54 Å². The lowest BCUT2D eigenvalue weighted by atomic mass is 9.90. The molecule has 2 atom stereocenters. The van der Waals surface area contributed by atoms with E-state index in [9.17, 15) is 0 Å². The molecule has 1 heterocycles.